The van der Waals surface area contributed by atoms with Crippen molar-refractivity contribution in [3.8, 4) is 11.6 Å². The summed E-state index contributed by atoms with van der Waals surface area (Å²) in [5, 5.41) is 0.246. The van der Waals surface area contributed by atoms with Crippen LogP contribution in [-0.4, -0.2) is 9.97 Å². The SMILES string of the molecule is CCCc1nc(Cl)c(C)c(Oc2cc(F)ccc2F)n1. The van der Waals surface area contributed by atoms with Gasteiger partial charge in [0.1, 0.15) is 16.8 Å². The monoisotopic (exact) mass is 298 g/mol. The van der Waals surface area contributed by atoms with Gasteiger partial charge >= 0.3 is 0 Å². The molecule has 1 aromatic carbocycles. The van der Waals surface area contributed by atoms with Crippen LogP contribution in [0.4, 0.5) is 8.78 Å². The minimum atomic E-state index is -0.669. The lowest BCUT2D eigenvalue weighted by molar-refractivity contribution is 0.416. The van der Waals surface area contributed by atoms with Crippen molar-refractivity contribution in [2.75, 3.05) is 0 Å². The predicted octanol–water partition coefficient (Wildman–Crippen LogP) is 4.46. The van der Waals surface area contributed by atoms with E-state index in [0.717, 1.165) is 24.6 Å². The normalized spacial score (nSPS) is 10.7. The van der Waals surface area contributed by atoms with Crippen LogP contribution in [0.5, 0.6) is 11.6 Å². The zero-order valence-electron chi connectivity index (χ0n) is 11.1. The van der Waals surface area contributed by atoms with E-state index in [-0.39, 0.29) is 16.8 Å². The second-order valence-electron chi connectivity index (χ2n) is 4.29. The number of rotatable bonds is 4. The molecule has 6 heteroatoms. The molecule has 106 valence electrons. The van der Waals surface area contributed by atoms with Crippen LogP contribution in [0.25, 0.3) is 0 Å². The van der Waals surface area contributed by atoms with Gasteiger partial charge in [-0.3, -0.25) is 0 Å². The zero-order valence-corrected chi connectivity index (χ0v) is 11.8. The van der Waals surface area contributed by atoms with Crippen molar-refractivity contribution in [3.05, 3.63) is 46.4 Å². The molecule has 0 radical (unpaired) electrons. The molecule has 0 saturated carbocycles. The van der Waals surface area contributed by atoms with Crippen LogP contribution < -0.4 is 4.74 Å². The number of aromatic nitrogens is 2. The molecule has 0 bridgehead atoms. The Kier molecular flexibility index (Phi) is 4.49. The molecule has 0 fully saturated rings. The summed E-state index contributed by atoms with van der Waals surface area (Å²) < 4.78 is 32.0. The Balaban J connectivity index is 2.39. The third-order valence-corrected chi connectivity index (χ3v) is 3.03. The maximum absolute atomic E-state index is 13.6. The fraction of sp³-hybridized carbons (Fsp3) is 0.286. The van der Waals surface area contributed by atoms with Gasteiger partial charge in [0, 0.05) is 18.1 Å². The molecular formula is C14H13ClF2N2O. The number of halogens is 3. The number of benzene rings is 1. The molecule has 1 aromatic heterocycles. The number of aryl methyl sites for hydroxylation is 1. The van der Waals surface area contributed by atoms with Gasteiger partial charge in [0.15, 0.2) is 11.6 Å². The van der Waals surface area contributed by atoms with Gasteiger partial charge in [-0.25, -0.2) is 13.8 Å². The summed E-state index contributed by atoms with van der Waals surface area (Å²) in [6, 6.07) is 2.98. The fourth-order valence-electron chi connectivity index (χ4n) is 1.61. The van der Waals surface area contributed by atoms with E-state index in [1.54, 1.807) is 6.92 Å². The Morgan fingerprint density at radius 2 is 2.00 bits per heavy atom. The van der Waals surface area contributed by atoms with E-state index < -0.39 is 11.6 Å². The Labute approximate surface area is 120 Å². The molecule has 0 aliphatic carbocycles. The molecule has 3 nitrogen and oxygen atoms in total. The summed E-state index contributed by atoms with van der Waals surface area (Å²) in [6.07, 6.45) is 1.47. The van der Waals surface area contributed by atoms with Crippen molar-refractivity contribution < 1.29 is 13.5 Å². The molecule has 2 aromatic rings. The van der Waals surface area contributed by atoms with Crippen molar-refractivity contribution in [1.82, 2.24) is 9.97 Å². The lowest BCUT2D eigenvalue weighted by Gasteiger charge is -2.10. The Hall–Kier alpha value is -1.75. The highest BCUT2D eigenvalue weighted by atomic mass is 35.5. The first-order valence-corrected chi connectivity index (χ1v) is 6.55. The molecule has 2 rings (SSSR count). The van der Waals surface area contributed by atoms with Crippen LogP contribution in [0.3, 0.4) is 0 Å². The van der Waals surface area contributed by atoms with Crippen LogP contribution in [-0.2, 0) is 6.42 Å². The third kappa shape index (κ3) is 3.22. The van der Waals surface area contributed by atoms with Gasteiger partial charge in [0.25, 0.3) is 0 Å². The highest BCUT2D eigenvalue weighted by Crippen LogP contribution is 2.29. The lowest BCUT2D eigenvalue weighted by Crippen LogP contribution is -2.02. The molecule has 0 aliphatic rings. The number of hydrogen-bond donors (Lipinski definition) is 0. The van der Waals surface area contributed by atoms with Crippen molar-refractivity contribution in [3.63, 3.8) is 0 Å². The van der Waals surface area contributed by atoms with E-state index in [0.29, 0.717) is 17.8 Å². The van der Waals surface area contributed by atoms with Crippen molar-refractivity contribution in [2.24, 2.45) is 0 Å². The molecule has 0 atom stereocenters. The highest BCUT2D eigenvalue weighted by molar-refractivity contribution is 6.30. The Bertz CT molecular complexity index is 635. The van der Waals surface area contributed by atoms with E-state index in [1.807, 2.05) is 6.92 Å². The van der Waals surface area contributed by atoms with Crippen LogP contribution >= 0.6 is 11.6 Å². The first-order valence-electron chi connectivity index (χ1n) is 6.17. The first kappa shape index (κ1) is 14.7. The summed E-state index contributed by atoms with van der Waals surface area (Å²) >= 11 is 5.99. The summed E-state index contributed by atoms with van der Waals surface area (Å²) in [5.41, 5.74) is 0.482. The molecule has 0 spiro atoms. The van der Waals surface area contributed by atoms with E-state index in [4.69, 9.17) is 16.3 Å². The summed E-state index contributed by atoms with van der Waals surface area (Å²) in [4.78, 5) is 8.29. The van der Waals surface area contributed by atoms with Gasteiger partial charge in [-0.15, -0.1) is 0 Å². The maximum atomic E-state index is 13.6. The number of hydrogen-bond acceptors (Lipinski definition) is 3. The molecule has 1 heterocycles. The molecule has 0 unspecified atom stereocenters. The number of ether oxygens (including phenoxy) is 1. The average molecular weight is 299 g/mol. The quantitative estimate of drug-likeness (QED) is 0.782. The van der Waals surface area contributed by atoms with Crippen LogP contribution in [0.2, 0.25) is 5.15 Å². The zero-order chi connectivity index (χ0) is 14.7. The van der Waals surface area contributed by atoms with E-state index >= 15 is 0 Å². The van der Waals surface area contributed by atoms with Gasteiger partial charge < -0.3 is 4.74 Å². The smallest absolute Gasteiger partial charge is 0.227 e. The largest absolute Gasteiger partial charge is 0.435 e. The number of nitrogens with zero attached hydrogens (tertiary/aromatic N) is 2. The summed E-state index contributed by atoms with van der Waals surface area (Å²) in [6.45, 7) is 3.63. The van der Waals surface area contributed by atoms with Gasteiger partial charge in [-0.1, -0.05) is 18.5 Å². The lowest BCUT2D eigenvalue weighted by atomic mass is 10.3. The third-order valence-electron chi connectivity index (χ3n) is 2.66. The Morgan fingerprint density at radius 1 is 1.25 bits per heavy atom. The maximum Gasteiger partial charge on any atom is 0.227 e. The summed E-state index contributed by atoms with van der Waals surface area (Å²) in [5.74, 6) is -0.844. The molecular weight excluding hydrogens is 286 g/mol. The van der Waals surface area contributed by atoms with Crippen LogP contribution in [0.1, 0.15) is 24.7 Å². The predicted molar refractivity (Wildman–Crippen MR) is 72.2 cm³/mol. The second kappa shape index (κ2) is 6.13. The van der Waals surface area contributed by atoms with Crippen LogP contribution in [0, 0.1) is 18.6 Å². The second-order valence-corrected chi connectivity index (χ2v) is 4.65. The summed E-state index contributed by atoms with van der Waals surface area (Å²) in [7, 11) is 0. The van der Waals surface area contributed by atoms with E-state index in [1.165, 1.54) is 0 Å². The van der Waals surface area contributed by atoms with Crippen molar-refractivity contribution >= 4 is 11.6 Å². The molecule has 0 N–H and O–H groups in total. The topological polar surface area (TPSA) is 35.0 Å². The van der Waals surface area contributed by atoms with Crippen LogP contribution in [0.15, 0.2) is 18.2 Å². The van der Waals surface area contributed by atoms with E-state index in [2.05, 4.69) is 9.97 Å². The minimum Gasteiger partial charge on any atom is -0.435 e. The molecule has 20 heavy (non-hydrogen) atoms. The van der Waals surface area contributed by atoms with Gasteiger partial charge in [0.05, 0.1) is 0 Å². The van der Waals surface area contributed by atoms with Gasteiger partial charge in [-0.05, 0) is 25.5 Å². The van der Waals surface area contributed by atoms with E-state index in [9.17, 15) is 8.78 Å². The van der Waals surface area contributed by atoms with Gasteiger partial charge in [0.2, 0.25) is 5.88 Å². The van der Waals surface area contributed by atoms with Crippen molar-refractivity contribution in [2.45, 2.75) is 26.7 Å². The average Bonchev–Trinajstić information content (AvgIpc) is 2.40. The molecule has 0 amide bonds. The van der Waals surface area contributed by atoms with Crippen molar-refractivity contribution in [1.29, 1.82) is 0 Å². The highest BCUT2D eigenvalue weighted by Gasteiger charge is 2.14. The first-order chi connectivity index (χ1) is 9.51. The molecule has 0 aliphatic heterocycles. The van der Waals surface area contributed by atoms with Gasteiger partial charge in [-0.2, -0.15) is 4.98 Å². The minimum absolute atomic E-state index is 0.137. The fourth-order valence-corrected chi connectivity index (χ4v) is 1.78. The Morgan fingerprint density at radius 3 is 2.70 bits per heavy atom. The molecule has 0 saturated heterocycles. The standard InChI is InChI=1S/C14H13ClF2N2O/c1-3-4-12-18-13(15)8(2)14(19-12)20-11-7-9(16)5-6-10(11)17/h5-7H,3-4H2,1-2H3.